The first-order valence-electron chi connectivity index (χ1n) is 14.2. The van der Waals surface area contributed by atoms with Gasteiger partial charge in [0.05, 0.1) is 12.1 Å². The number of nitrogens with zero attached hydrogens (tertiary/aromatic N) is 1. The molecule has 3 atom stereocenters. The monoisotopic (exact) mass is 636 g/mol. The van der Waals surface area contributed by atoms with Crippen LogP contribution in [0.2, 0.25) is 5.02 Å². The van der Waals surface area contributed by atoms with Crippen molar-refractivity contribution in [2.45, 2.75) is 70.9 Å². The van der Waals surface area contributed by atoms with Crippen molar-refractivity contribution in [1.82, 2.24) is 15.5 Å². The van der Waals surface area contributed by atoms with Gasteiger partial charge < -0.3 is 21.3 Å². The molecule has 2 aromatic carbocycles. The van der Waals surface area contributed by atoms with E-state index in [0.717, 1.165) is 10.5 Å². The summed E-state index contributed by atoms with van der Waals surface area (Å²) in [5, 5.41) is 5.43. The topological polar surface area (TPSA) is 139 Å². The number of likely N-dealkylation sites (tertiary alicyclic amines) is 1. The second-order valence-electron chi connectivity index (χ2n) is 11.5. The first-order chi connectivity index (χ1) is 20.5. The molecule has 1 aliphatic rings. The van der Waals surface area contributed by atoms with Crippen molar-refractivity contribution in [3.05, 3.63) is 70.2 Å². The van der Waals surface area contributed by atoms with Crippen molar-refractivity contribution in [2.24, 2.45) is 17.6 Å². The number of rotatable bonds is 11. The largest absolute Gasteiger partial charge is 0.452 e. The van der Waals surface area contributed by atoms with Crippen molar-refractivity contribution >= 4 is 40.9 Å². The van der Waals surface area contributed by atoms with E-state index in [4.69, 9.17) is 17.3 Å². The molecule has 0 spiro atoms. The van der Waals surface area contributed by atoms with Crippen LogP contribution in [-0.4, -0.2) is 64.5 Å². The molecule has 13 heteroatoms. The number of benzene rings is 2. The lowest BCUT2D eigenvalue weighted by Crippen LogP contribution is -2.67. The fraction of sp³-hybridized carbons (Fsp3) is 0.452. The van der Waals surface area contributed by atoms with Crippen molar-refractivity contribution in [1.29, 1.82) is 0 Å². The molecular formula is C31H36ClF3N4O5. The average Bonchev–Trinajstić information content (AvgIpc) is 3.43. The predicted octanol–water partition coefficient (Wildman–Crippen LogP) is 4.07. The van der Waals surface area contributed by atoms with Gasteiger partial charge in [-0.15, -0.1) is 0 Å². The minimum Gasteiger partial charge on any atom is -0.348 e. The quantitative estimate of drug-likeness (QED) is 0.251. The highest BCUT2D eigenvalue weighted by atomic mass is 35.5. The molecule has 0 aliphatic carbocycles. The van der Waals surface area contributed by atoms with Gasteiger partial charge in [0.1, 0.15) is 0 Å². The number of nitrogens with one attached hydrogen (secondary N) is 2. The van der Waals surface area contributed by atoms with Gasteiger partial charge in [0.2, 0.25) is 5.91 Å². The summed E-state index contributed by atoms with van der Waals surface area (Å²) >= 11 is 5.88. The summed E-state index contributed by atoms with van der Waals surface area (Å²) < 4.78 is 40.2. The fourth-order valence-electron chi connectivity index (χ4n) is 5.03. The SMILES string of the molecule is CC(C)C(NC(=O)[C@]1(C(=O)c2ccc(C(=O)NCc3ccc(Cl)cc3)cc2)CCCN1C(=O)[C@@H](N)C(C)C)C(=O)C(F)(F)F. The predicted molar refractivity (Wildman–Crippen MR) is 158 cm³/mol. The molecule has 1 unspecified atom stereocenters. The Kier molecular flexibility index (Phi) is 11.0. The summed E-state index contributed by atoms with van der Waals surface area (Å²) in [5.41, 5.74) is 4.78. The average molecular weight is 637 g/mol. The number of hydrogen-bond donors (Lipinski definition) is 3. The van der Waals surface area contributed by atoms with Crippen LogP contribution in [0.15, 0.2) is 48.5 Å². The minimum absolute atomic E-state index is 0.0524. The van der Waals surface area contributed by atoms with Crippen molar-refractivity contribution in [3.8, 4) is 0 Å². The standard InChI is InChI=1S/C31H36ClF3N4O5/c1-17(2)23(36)28(43)39-15-5-14-30(39,29(44)38-24(18(3)4)26(41)31(33,34)35)25(40)20-8-10-21(11-9-20)27(42)37-16-19-6-12-22(32)13-7-19/h6-13,17-18,23-24H,5,14-16,36H2,1-4H3,(H,37,42)(H,38,44)/t23-,24?,30+/m0/s1. The van der Waals surface area contributed by atoms with Crippen LogP contribution in [-0.2, 0) is 20.9 Å². The summed E-state index contributed by atoms with van der Waals surface area (Å²) in [7, 11) is 0. The summed E-state index contributed by atoms with van der Waals surface area (Å²) in [6, 6.07) is 9.11. The lowest BCUT2D eigenvalue weighted by atomic mass is 9.83. The number of hydrogen-bond acceptors (Lipinski definition) is 6. The van der Waals surface area contributed by atoms with Crippen molar-refractivity contribution in [3.63, 3.8) is 0 Å². The van der Waals surface area contributed by atoms with Crippen LogP contribution in [0.25, 0.3) is 0 Å². The summed E-state index contributed by atoms with van der Waals surface area (Å²) in [6.45, 7) is 6.16. The highest BCUT2D eigenvalue weighted by molar-refractivity contribution is 6.30. The van der Waals surface area contributed by atoms with E-state index < -0.39 is 59.0 Å². The maximum atomic E-state index is 14.1. The Hall–Kier alpha value is -3.77. The number of alkyl halides is 3. The molecule has 3 rings (SSSR count). The third-order valence-corrected chi connectivity index (χ3v) is 7.94. The molecule has 0 bridgehead atoms. The molecule has 1 aliphatic heterocycles. The van der Waals surface area contributed by atoms with Gasteiger partial charge >= 0.3 is 6.18 Å². The van der Waals surface area contributed by atoms with E-state index >= 15 is 0 Å². The van der Waals surface area contributed by atoms with Gasteiger partial charge in [-0.1, -0.05) is 63.6 Å². The minimum atomic E-state index is -5.24. The number of Topliss-reactive ketones (excluding diaryl/α,β-unsaturated/α-hetero) is 2. The van der Waals surface area contributed by atoms with E-state index in [-0.39, 0.29) is 43.0 Å². The van der Waals surface area contributed by atoms with Crippen molar-refractivity contribution < 1.29 is 37.1 Å². The number of amides is 3. The lowest BCUT2D eigenvalue weighted by molar-refractivity contribution is -0.175. The Morgan fingerprint density at radius 1 is 0.932 bits per heavy atom. The number of halogens is 4. The van der Waals surface area contributed by atoms with E-state index in [1.807, 2.05) is 0 Å². The Balaban J connectivity index is 1.95. The molecule has 238 valence electrons. The first kappa shape index (κ1) is 34.7. The molecule has 0 saturated carbocycles. The van der Waals surface area contributed by atoms with E-state index in [1.54, 1.807) is 38.1 Å². The van der Waals surface area contributed by atoms with Crippen LogP contribution in [0.3, 0.4) is 0 Å². The smallest absolute Gasteiger partial charge is 0.348 e. The van der Waals surface area contributed by atoms with Gasteiger partial charge in [-0.3, -0.25) is 24.0 Å². The number of ketones is 2. The molecule has 2 aromatic rings. The molecule has 1 fully saturated rings. The fourth-order valence-corrected chi connectivity index (χ4v) is 5.15. The maximum absolute atomic E-state index is 14.1. The van der Waals surface area contributed by atoms with E-state index in [9.17, 15) is 37.1 Å². The van der Waals surface area contributed by atoms with Gasteiger partial charge in [-0.05, 0) is 54.5 Å². The van der Waals surface area contributed by atoms with Crippen LogP contribution in [0.4, 0.5) is 13.2 Å². The summed E-state index contributed by atoms with van der Waals surface area (Å²) in [6.07, 6.45) is -5.27. The van der Waals surface area contributed by atoms with Gasteiger partial charge in [0, 0.05) is 29.2 Å². The Morgan fingerprint density at radius 3 is 2.02 bits per heavy atom. The number of carbonyl (C=O) groups is 5. The van der Waals surface area contributed by atoms with E-state index in [0.29, 0.717) is 5.02 Å². The van der Waals surface area contributed by atoms with E-state index in [1.165, 1.54) is 38.1 Å². The molecule has 44 heavy (non-hydrogen) atoms. The van der Waals surface area contributed by atoms with Crippen molar-refractivity contribution in [2.75, 3.05) is 6.54 Å². The van der Waals surface area contributed by atoms with Crippen LogP contribution >= 0.6 is 11.6 Å². The van der Waals surface area contributed by atoms with E-state index in [2.05, 4.69) is 10.6 Å². The molecule has 1 saturated heterocycles. The third kappa shape index (κ3) is 7.47. The second kappa shape index (κ2) is 13.9. The lowest BCUT2D eigenvalue weighted by Gasteiger charge is -2.39. The zero-order valence-corrected chi connectivity index (χ0v) is 25.6. The molecule has 9 nitrogen and oxygen atoms in total. The molecule has 0 radical (unpaired) electrons. The van der Waals surface area contributed by atoms with Crippen LogP contribution < -0.4 is 16.4 Å². The van der Waals surface area contributed by atoms with Crippen LogP contribution in [0.5, 0.6) is 0 Å². The summed E-state index contributed by atoms with van der Waals surface area (Å²) in [4.78, 5) is 67.4. The first-order valence-corrected chi connectivity index (χ1v) is 14.5. The highest BCUT2D eigenvalue weighted by Gasteiger charge is 2.57. The normalized spacial score (nSPS) is 18.2. The molecule has 1 heterocycles. The van der Waals surface area contributed by atoms with Crippen LogP contribution in [0.1, 0.15) is 66.8 Å². The molecule has 0 aromatic heterocycles. The maximum Gasteiger partial charge on any atom is 0.452 e. The zero-order chi connectivity index (χ0) is 33.0. The highest BCUT2D eigenvalue weighted by Crippen LogP contribution is 2.35. The van der Waals surface area contributed by atoms with Gasteiger partial charge in [0.25, 0.3) is 17.6 Å². The summed E-state index contributed by atoms with van der Waals surface area (Å²) in [5.74, 6) is -6.77. The number of nitrogens with two attached hydrogens (primary N) is 1. The van der Waals surface area contributed by atoms with Gasteiger partial charge in [-0.2, -0.15) is 13.2 Å². The van der Waals surface area contributed by atoms with Crippen LogP contribution in [0, 0.1) is 11.8 Å². The molecule has 3 amide bonds. The number of carbonyl (C=O) groups excluding carboxylic acids is 5. The second-order valence-corrected chi connectivity index (χ2v) is 11.9. The van der Waals surface area contributed by atoms with Gasteiger partial charge in [-0.25, -0.2) is 0 Å². The molecule has 4 N–H and O–H groups in total. The Morgan fingerprint density at radius 2 is 1.50 bits per heavy atom. The van der Waals surface area contributed by atoms with Gasteiger partial charge in [0.15, 0.2) is 11.3 Å². The Bertz CT molecular complexity index is 1400. The Labute approximate surface area is 258 Å². The third-order valence-electron chi connectivity index (χ3n) is 7.69. The zero-order valence-electron chi connectivity index (χ0n) is 24.8. The molecular weight excluding hydrogens is 601 g/mol.